The normalized spacial score (nSPS) is 10.4. The summed E-state index contributed by atoms with van der Waals surface area (Å²) >= 11 is 0. The number of carbonyl (C=O) groups excluding carboxylic acids is 1. The summed E-state index contributed by atoms with van der Waals surface area (Å²) in [7, 11) is 1.57. The largest absolute Gasteiger partial charge is 0.497 e. The van der Waals surface area contributed by atoms with Crippen LogP contribution in [0.3, 0.4) is 0 Å². The quantitative estimate of drug-likeness (QED) is 0.703. The number of halogens is 1. The van der Waals surface area contributed by atoms with Gasteiger partial charge in [0.05, 0.1) is 7.11 Å². The van der Waals surface area contributed by atoms with Gasteiger partial charge in [0.1, 0.15) is 23.6 Å². The van der Waals surface area contributed by atoms with Crippen LogP contribution in [0.5, 0.6) is 11.5 Å². The minimum absolute atomic E-state index is 0.0818. The lowest BCUT2D eigenvalue weighted by molar-refractivity contribution is 0.0946. The van der Waals surface area contributed by atoms with E-state index >= 15 is 0 Å². The lowest BCUT2D eigenvalue weighted by Gasteiger charge is -2.05. The maximum Gasteiger partial charge on any atom is 0.273 e. The van der Waals surface area contributed by atoms with Gasteiger partial charge in [-0.05, 0) is 29.8 Å². The van der Waals surface area contributed by atoms with E-state index in [1.54, 1.807) is 37.4 Å². The van der Waals surface area contributed by atoms with E-state index in [1.807, 2.05) is 6.07 Å². The van der Waals surface area contributed by atoms with Crippen molar-refractivity contribution in [3.8, 4) is 11.5 Å². The van der Waals surface area contributed by atoms with E-state index in [9.17, 15) is 9.18 Å². The van der Waals surface area contributed by atoms with Crippen LogP contribution in [0.15, 0.2) is 59.2 Å². The third-order valence-corrected chi connectivity index (χ3v) is 3.55. The van der Waals surface area contributed by atoms with Crippen LogP contribution in [0.2, 0.25) is 0 Å². The Kier molecular flexibility index (Phi) is 5.48. The first kappa shape index (κ1) is 17.5. The van der Waals surface area contributed by atoms with Gasteiger partial charge in [-0.25, -0.2) is 9.37 Å². The Hall–Kier alpha value is -3.35. The van der Waals surface area contributed by atoms with Gasteiger partial charge in [0, 0.05) is 12.6 Å². The summed E-state index contributed by atoms with van der Waals surface area (Å²) in [6, 6.07) is 13.0. The van der Waals surface area contributed by atoms with Gasteiger partial charge in [-0.3, -0.25) is 4.79 Å². The molecule has 0 saturated carbocycles. The molecule has 0 aliphatic carbocycles. The summed E-state index contributed by atoms with van der Waals surface area (Å²) < 4.78 is 28.8. The zero-order chi connectivity index (χ0) is 18.4. The first-order chi connectivity index (χ1) is 12.6. The fourth-order valence-corrected chi connectivity index (χ4v) is 2.19. The van der Waals surface area contributed by atoms with Crippen LogP contribution in [0, 0.1) is 5.82 Å². The van der Waals surface area contributed by atoms with Crippen LogP contribution in [0.25, 0.3) is 0 Å². The Balaban J connectivity index is 1.53. The predicted octanol–water partition coefficient (Wildman–Crippen LogP) is 3.33. The standard InChI is InChI=1S/C19H17FN2O4/c1-24-15-3-2-4-16(9-15)25-12-18-22-17(11-26-18)19(23)21-10-13-5-7-14(20)8-6-13/h2-9,11H,10,12H2,1H3,(H,21,23). The van der Waals surface area contributed by atoms with E-state index in [-0.39, 0.29) is 36.5 Å². The van der Waals surface area contributed by atoms with E-state index in [1.165, 1.54) is 18.4 Å². The number of ether oxygens (including phenoxy) is 2. The van der Waals surface area contributed by atoms with E-state index in [0.717, 1.165) is 5.56 Å². The minimum Gasteiger partial charge on any atom is -0.497 e. The SMILES string of the molecule is COc1cccc(OCc2nc(C(=O)NCc3ccc(F)cc3)co2)c1. The molecule has 0 radical (unpaired) electrons. The van der Waals surface area contributed by atoms with Crippen molar-refractivity contribution < 1.29 is 23.1 Å². The molecule has 0 atom stereocenters. The van der Waals surface area contributed by atoms with Gasteiger partial charge >= 0.3 is 0 Å². The van der Waals surface area contributed by atoms with Gasteiger partial charge in [0.2, 0.25) is 5.89 Å². The van der Waals surface area contributed by atoms with Crippen molar-refractivity contribution in [1.29, 1.82) is 0 Å². The molecule has 134 valence electrons. The van der Waals surface area contributed by atoms with Crippen LogP contribution in [0.4, 0.5) is 4.39 Å². The number of aromatic nitrogens is 1. The Bertz CT molecular complexity index is 877. The average Bonchev–Trinajstić information content (AvgIpc) is 3.15. The maximum absolute atomic E-state index is 12.9. The maximum atomic E-state index is 12.9. The summed E-state index contributed by atoms with van der Waals surface area (Å²) in [4.78, 5) is 16.2. The molecule has 0 unspecified atom stereocenters. The topological polar surface area (TPSA) is 73.6 Å². The molecule has 1 amide bonds. The molecule has 1 N–H and O–H groups in total. The van der Waals surface area contributed by atoms with Gasteiger partial charge in [0.15, 0.2) is 12.3 Å². The van der Waals surface area contributed by atoms with Gasteiger partial charge in [-0.15, -0.1) is 0 Å². The first-order valence-electron chi connectivity index (χ1n) is 7.88. The molecular formula is C19H17FN2O4. The number of carbonyl (C=O) groups is 1. The highest BCUT2D eigenvalue weighted by Crippen LogP contribution is 2.19. The lowest BCUT2D eigenvalue weighted by Crippen LogP contribution is -2.23. The Morgan fingerprint density at radius 3 is 2.73 bits per heavy atom. The van der Waals surface area contributed by atoms with Crippen molar-refractivity contribution in [2.45, 2.75) is 13.2 Å². The van der Waals surface area contributed by atoms with Crippen molar-refractivity contribution in [1.82, 2.24) is 10.3 Å². The zero-order valence-corrected chi connectivity index (χ0v) is 14.1. The van der Waals surface area contributed by atoms with Crippen LogP contribution in [-0.4, -0.2) is 18.0 Å². The number of hydrogen-bond donors (Lipinski definition) is 1. The van der Waals surface area contributed by atoms with E-state index in [4.69, 9.17) is 13.9 Å². The fraction of sp³-hybridized carbons (Fsp3) is 0.158. The third kappa shape index (κ3) is 4.60. The summed E-state index contributed by atoms with van der Waals surface area (Å²) in [5, 5.41) is 2.70. The second-order valence-electron chi connectivity index (χ2n) is 5.40. The average molecular weight is 356 g/mol. The van der Waals surface area contributed by atoms with Gasteiger partial charge in [-0.1, -0.05) is 18.2 Å². The molecule has 0 aliphatic heterocycles. The molecule has 1 aromatic heterocycles. The number of nitrogens with zero attached hydrogens (tertiary/aromatic N) is 1. The molecule has 0 spiro atoms. The first-order valence-corrected chi connectivity index (χ1v) is 7.88. The van der Waals surface area contributed by atoms with Crippen LogP contribution >= 0.6 is 0 Å². The molecule has 0 saturated heterocycles. The molecular weight excluding hydrogens is 339 g/mol. The number of hydrogen-bond acceptors (Lipinski definition) is 5. The summed E-state index contributed by atoms with van der Waals surface area (Å²) in [5.41, 5.74) is 0.932. The number of rotatable bonds is 7. The number of methoxy groups -OCH3 is 1. The molecule has 1 heterocycles. The Morgan fingerprint density at radius 1 is 1.19 bits per heavy atom. The fourth-order valence-electron chi connectivity index (χ4n) is 2.19. The number of amides is 1. The molecule has 26 heavy (non-hydrogen) atoms. The summed E-state index contributed by atoms with van der Waals surface area (Å²) in [6.07, 6.45) is 1.27. The third-order valence-electron chi connectivity index (χ3n) is 3.55. The molecule has 0 bridgehead atoms. The van der Waals surface area contributed by atoms with Gasteiger partial charge in [0.25, 0.3) is 5.91 Å². The monoisotopic (exact) mass is 356 g/mol. The Morgan fingerprint density at radius 2 is 1.96 bits per heavy atom. The highest BCUT2D eigenvalue weighted by atomic mass is 19.1. The van der Waals surface area contributed by atoms with Crippen molar-refractivity contribution in [3.05, 3.63) is 77.8 Å². The Labute approximate surface area is 149 Å². The highest BCUT2D eigenvalue weighted by Gasteiger charge is 2.12. The van der Waals surface area contributed by atoms with Gasteiger partial charge in [-0.2, -0.15) is 0 Å². The molecule has 6 nitrogen and oxygen atoms in total. The minimum atomic E-state index is -0.384. The van der Waals surface area contributed by atoms with Crippen LogP contribution in [0.1, 0.15) is 21.9 Å². The van der Waals surface area contributed by atoms with Crippen molar-refractivity contribution in [3.63, 3.8) is 0 Å². The van der Waals surface area contributed by atoms with Crippen molar-refractivity contribution in [2.24, 2.45) is 0 Å². The van der Waals surface area contributed by atoms with Crippen molar-refractivity contribution >= 4 is 5.91 Å². The second-order valence-corrected chi connectivity index (χ2v) is 5.40. The van der Waals surface area contributed by atoms with Crippen molar-refractivity contribution in [2.75, 3.05) is 7.11 Å². The second kappa shape index (κ2) is 8.15. The molecule has 3 rings (SSSR count). The highest BCUT2D eigenvalue weighted by molar-refractivity contribution is 5.91. The van der Waals surface area contributed by atoms with Gasteiger partial charge < -0.3 is 19.2 Å². The van der Waals surface area contributed by atoms with Crippen LogP contribution < -0.4 is 14.8 Å². The number of benzene rings is 2. The molecule has 0 aliphatic rings. The summed E-state index contributed by atoms with van der Waals surface area (Å²) in [5.74, 6) is 0.850. The van der Waals surface area contributed by atoms with E-state index < -0.39 is 0 Å². The molecule has 2 aromatic carbocycles. The molecule has 7 heteroatoms. The van der Waals surface area contributed by atoms with Crippen LogP contribution in [-0.2, 0) is 13.2 Å². The zero-order valence-electron chi connectivity index (χ0n) is 14.1. The number of oxazole rings is 1. The number of nitrogens with one attached hydrogen (secondary N) is 1. The molecule has 0 fully saturated rings. The lowest BCUT2D eigenvalue weighted by atomic mass is 10.2. The smallest absolute Gasteiger partial charge is 0.273 e. The van der Waals surface area contributed by atoms with E-state index in [0.29, 0.717) is 11.5 Å². The van der Waals surface area contributed by atoms with E-state index in [2.05, 4.69) is 10.3 Å². The predicted molar refractivity (Wildman–Crippen MR) is 91.4 cm³/mol. The molecule has 3 aromatic rings. The summed E-state index contributed by atoms with van der Waals surface area (Å²) in [6.45, 7) is 0.347.